The highest BCUT2D eigenvalue weighted by atomic mass is 16.5. The van der Waals surface area contributed by atoms with E-state index in [1.807, 2.05) is 31.2 Å². The first kappa shape index (κ1) is 23.5. The number of hydrogen-bond acceptors (Lipinski definition) is 4. The van der Waals surface area contributed by atoms with Crippen LogP contribution in [0.15, 0.2) is 48.5 Å². The monoisotopic (exact) mass is 437 g/mol. The smallest absolute Gasteiger partial charge is 0.313 e. The van der Waals surface area contributed by atoms with Crippen molar-refractivity contribution in [3.05, 3.63) is 65.2 Å². The van der Waals surface area contributed by atoms with Crippen LogP contribution < -0.4 is 10.6 Å². The summed E-state index contributed by atoms with van der Waals surface area (Å²) in [5, 5.41) is 5.50. The van der Waals surface area contributed by atoms with Gasteiger partial charge in [-0.15, -0.1) is 0 Å². The molecule has 32 heavy (non-hydrogen) atoms. The predicted octanol–water partition coefficient (Wildman–Crippen LogP) is 3.31. The Morgan fingerprint density at radius 3 is 2.31 bits per heavy atom. The van der Waals surface area contributed by atoms with E-state index in [-0.39, 0.29) is 11.9 Å². The number of rotatable bonds is 6. The van der Waals surface area contributed by atoms with Crippen LogP contribution in [0.5, 0.6) is 0 Å². The van der Waals surface area contributed by atoms with Gasteiger partial charge in [0.25, 0.3) is 5.91 Å². The van der Waals surface area contributed by atoms with Crippen LogP contribution in [0.4, 0.5) is 5.69 Å². The zero-order chi connectivity index (χ0) is 23.1. The van der Waals surface area contributed by atoms with E-state index in [9.17, 15) is 14.4 Å². The Hall–Kier alpha value is -3.19. The summed E-state index contributed by atoms with van der Waals surface area (Å²) < 4.78 is 5.30. The molecule has 0 spiro atoms. The number of aryl methyl sites for hydroxylation is 1. The Labute approximate surface area is 189 Å². The Morgan fingerprint density at radius 1 is 0.969 bits per heavy atom. The van der Waals surface area contributed by atoms with Crippen molar-refractivity contribution in [2.45, 2.75) is 33.2 Å². The summed E-state index contributed by atoms with van der Waals surface area (Å²) in [6.07, 6.45) is 0.704. The number of benzene rings is 2. The van der Waals surface area contributed by atoms with Crippen LogP contribution in [0, 0.1) is 12.8 Å². The van der Waals surface area contributed by atoms with Crippen molar-refractivity contribution in [3.63, 3.8) is 0 Å². The fraction of sp³-hybridized carbons (Fsp3) is 0.400. The van der Waals surface area contributed by atoms with Gasteiger partial charge in [-0.3, -0.25) is 14.4 Å². The molecule has 170 valence electrons. The third kappa shape index (κ3) is 5.95. The third-order valence-electron chi connectivity index (χ3n) is 5.49. The molecule has 0 saturated carbocycles. The fourth-order valence-corrected chi connectivity index (χ4v) is 3.83. The first-order chi connectivity index (χ1) is 15.4. The van der Waals surface area contributed by atoms with Crippen LogP contribution in [0.3, 0.4) is 0 Å². The van der Waals surface area contributed by atoms with Gasteiger partial charge in [0.15, 0.2) is 0 Å². The van der Waals surface area contributed by atoms with Gasteiger partial charge in [-0.05, 0) is 42.5 Å². The zero-order valence-corrected chi connectivity index (χ0v) is 18.9. The molecule has 2 aromatic rings. The largest absolute Gasteiger partial charge is 0.378 e. The van der Waals surface area contributed by atoms with Gasteiger partial charge >= 0.3 is 11.8 Å². The minimum atomic E-state index is -0.797. The number of nitrogens with zero attached hydrogens (tertiary/aromatic N) is 1. The SMILES string of the molecule is Cc1ccccc1[C@@H](CC(C)C)NC(=O)C(=O)Nc1ccccc1C(=O)N1CCOCC1. The minimum Gasteiger partial charge on any atom is -0.378 e. The van der Waals surface area contributed by atoms with Crippen LogP contribution in [0.1, 0.15) is 47.8 Å². The summed E-state index contributed by atoms with van der Waals surface area (Å²) in [6, 6.07) is 14.3. The van der Waals surface area contributed by atoms with Gasteiger partial charge < -0.3 is 20.3 Å². The highest BCUT2D eigenvalue weighted by molar-refractivity contribution is 6.40. The van der Waals surface area contributed by atoms with E-state index >= 15 is 0 Å². The number of ether oxygens (including phenoxy) is 1. The van der Waals surface area contributed by atoms with Crippen molar-refractivity contribution < 1.29 is 19.1 Å². The summed E-state index contributed by atoms with van der Waals surface area (Å²) in [5.41, 5.74) is 2.72. The van der Waals surface area contributed by atoms with E-state index in [0.717, 1.165) is 11.1 Å². The van der Waals surface area contributed by atoms with E-state index in [1.165, 1.54) is 0 Å². The van der Waals surface area contributed by atoms with E-state index in [1.54, 1.807) is 29.2 Å². The Morgan fingerprint density at radius 2 is 1.62 bits per heavy atom. The lowest BCUT2D eigenvalue weighted by Crippen LogP contribution is -2.41. The fourth-order valence-electron chi connectivity index (χ4n) is 3.83. The summed E-state index contributed by atoms with van der Waals surface area (Å²) in [6.45, 7) is 8.10. The van der Waals surface area contributed by atoms with Crippen LogP contribution in [-0.4, -0.2) is 48.9 Å². The second-order valence-corrected chi connectivity index (χ2v) is 8.42. The Kier molecular flexibility index (Phi) is 8.00. The number of amides is 3. The van der Waals surface area contributed by atoms with E-state index in [4.69, 9.17) is 4.74 Å². The van der Waals surface area contributed by atoms with E-state index in [2.05, 4.69) is 24.5 Å². The maximum absolute atomic E-state index is 12.9. The molecule has 2 N–H and O–H groups in total. The molecule has 0 aromatic heterocycles. The standard InChI is InChI=1S/C25H31N3O4/c1-17(2)16-22(19-9-5-4-8-18(19)3)27-24(30)23(29)26-21-11-7-6-10-20(21)25(31)28-12-14-32-15-13-28/h4-11,17,22H,12-16H2,1-3H3,(H,26,29)(H,27,30)/t22-/m1/s1. The van der Waals surface area contributed by atoms with E-state index in [0.29, 0.717) is 49.9 Å². The lowest BCUT2D eigenvalue weighted by Gasteiger charge is -2.27. The zero-order valence-electron chi connectivity index (χ0n) is 18.9. The predicted molar refractivity (Wildman–Crippen MR) is 123 cm³/mol. The number of carbonyl (C=O) groups excluding carboxylic acids is 3. The molecule has 3 rings (SSSR count). The molecule has 7 nitrogen and oxygen atoms in total. The minimum absolute atomic E-state index is 0.192. The van der Waals surface area contributed by atoms with Crippen molar-refractivity contribution in [3.8, 4) is 0 Å². The van der Waals surface area contributed by atoms with Crippen molar-refractivity contribution >= 4 is 23.4 Å². The lowest BCUT2D eigenvalue weighted by atomic mass is 9.94. The molecule has 0 bridgehead atoms. The normalized spacial score (nSPS) is 14.7. The molecule has 1 aliphatic rings. The van der Waals surface area contributed by atoms with Gasteiger partial charge in [-0.1, -0.05) is 50.2 Å². The van der Waals surface area contributed by atoms with Crippen LogP contribution in [0.25, 0.3) is 0 Å². The first-order valence-corrected chi connectivity index (χ1v) is 11.0. The van der Waals surface area contributed by atoms with Gasteiger partial charge in [-0.25, -0.2) is 0 Å². The van der Waals surface area contributed by atoms with Crippen molar-refractivity contribution in [2.75, 3.05) is 31.6 Å². The van der Waals surface area contributed by atoms with Crippen LogP contribution in [0.2, 0.25) is 0 Å². The molecule has 1 aliphatic heterocycles. The number of hydrogen-bond donors (Lipinski definition) is 2. The number of morpholine rings is 1. The second-order valence-electron chi connectivity index (χ2n) is 8.42. The maximum atomic E-state index is 12.9. The van der Waals surface area contributed by atoms with Crippen molar-refractivity contribution in [1.82, 2.24) is 10.2 Å². The average molecular weight is 438 g/mol. The number of para-hydroxylation sites is 1. The van der Waals surface area contributed by atoms with Crippen LogP contribution in [-0.2, 0) is 14.3 Å². The summed E-state index contributed by atoms with van der Waals surface area (Å²) in [4.78, 5) is 40.1. The molecular weight excluding hydrogens is 406 g/mol. The molecular formula is C25H31N3O4. The van der Waals surface area contributed by atoms with Gasteiger partial charge in [0.1, 0.15) is 0 Å². The number of carbonyl (C=O) groups is 3. The summed E-state index contributed by atoms with van der Waals surface area (Å²) >= 11 is 0. The maximum Gasteiger partial charge on any atom is 0.313 e. The number of anilines is 1. The van der Waals surface area contributed by atoms with Crippen molar-refractivity contribution in [1.29, 1.82) is 0 Å². The van der Waals surface area contributed by atoms with E-state index < -0.39 is 11.8 Å². The van der Waals surface area contributed by atoms with Gasteiger partial charge in [0.2, 0.25) is 0 Å². The van der Waals surface area contributed by atoms with Crippen LogP contribution >= 0.6 is 0 Å². The lowest BCUT2D eigenvalue weighted by molar-refractivity contribution is -0.136. The molecule has 1 heterocycles. The summed E-state index contributed by atoms with van der Waals surface area (Å²) in [5.74, 6) is -1.39. The molecule has 2 aromatic carbocycles. The second kappa shape index (κ2) is 10.9. The molecule has 1 atom stereocenters. The third-order valence-corrected chi connectivity index (χ3v) is 5.49. The molecule has 0 radical (unpaired) electrons. The topological polar surface area (TPSA) is 87.7 Å². The molecule has 1 fully saturated rings. The Bertz CT molecular complexity index is 967. The average Bonchev–Trinajstić information content (AvgIpc) is 2.79. The molecule has 3 amide bonds. The Balaban J connectivity index is 1.73. The number of nitrogens with one attached hydrogen (secondary N) is 2. The molecule has 0 aliphatic carbocycles. The van der Waals surface area contributed by atoms with Gasteiger partial charge in [-0.2, -0.15) is 0 Å². The molecule has 1 saturated heterocycles. The molecule has 7 heteroatoms. The highest BCUT2D eigenvalue weighted by Gasteiger charge is 2.25. The van der Waals surface area contributed by atoms with Gasteiger partial charge in [0.05, 0.1) is 30.5 Å². The van der Waals surface area contributed by atoms with Gasteiger partial charge in [0, 0.05) is 13.1 Å². The quantitative estimate of drug-likeness (QED) is 0.679. The first-order valence-electron chi connectivity index (χ1n) is 11.0. The van der Waals surface area contributed by atoms with Crippen molar-refractivity contribution in [2.24, 2.45) is 5.92 Å². The summed E-state index contributed by atoms with van der Waals surface area (Å²) in [7, 11) is 0. The molecule has 0 unspecified atom stereocenters. The highest BCUT2D eigenvalue weighted by Crippen LogP contribution is 2.24.